The molecule has 1 aromatic rings. The molecule has 19 heavy (non-hydrogen) atoms. The number of piperidine rings is 1. The van der Waals surface area contributed by atoms with Crippen molar-refractivity contribution in [1.29, 1.82) is 0 Å². The Morgan fingerprint density at radius 1 is 1.05 bits per heavy atom. The van der Waals surface area contributed by atoms with Gasteiger partial charge in [-0.1, -0.05) is 18.2 Å². The molecule has 1 saturated heterocycles. The first-order valence-electron chi connectivity index (χ1n) is 6.21. The van der Waals surface area contributed by atoms with Gasteiger partial charge < -0.3 is 4.90 Å². The lowest BCUT2D eigenvalue weighted by atomic mass is 10.1. The number of nitrogens with zero attached hydrogens (tertiary/aromatic N) is 2. The SMILES string of the molecule is O=C(N1CCCCC1)N(c1ccccc1)C(F)(F)F. The summed E-state index contributed by atoms with van der Waals surface area (Å²) in [5, 5.41) is 0. The lowest BCUT2D eigenvalue weighted by Gasteiger charge is -2.33. The topological polar surface area (TPSA) is 23.6 Å². The van der Waals surface area contributed by atoms with Gasteiger partial charge in [0.15, 0.2) is 0 Å². The van der Waals surface area contributed by atoms with Crippen molar-refractivity contribution >= 4 is 11.7 Å². The van der Waals surface area contributed by atoms with E-state index < -0.39 is 12.3 Å². The molecule has 0 unspecified atom stereocenters. The van der Waals surface area contributed by atoms with Crippen LogP contribution in [0.5, 0.6) is 0 Å². The van der Waals surface area contributed by atoms with E-state index in [1.54, 1.807) is 6.07 Å². The maximum atomic E-state index is 13.1. The Balaban J connectivity index is 2.25. The van der Waals surface area contributed by atoms with E-state index in [1.165, 1.54) is 29.2 Å². The third-order valence-electron chi connectivity index (χ3n) is 3.09. The first kappa shape index (κ1) is 13.7. The number of benzene rings is 1. The zero-order valence-electron chi connectivity index (χ0n) is 10.4. The lowest BCUT2D eigenvalue weighted by molar-refractivity contribution is -0.123. The highest BCUT2D eigenvalue weighted by Gasteiger charge is 2.44. The molecule has 3 nitrogen and oxygen atoms in total. The maximum Gasteiger partial charge on any atom is 0.493 e. The predicted molar refractivity (Wildman–Crippen MR) is 65.8 cm³/mol. The molecule has 0 aliphatic carbocycles. The molecule has 0 bridgehead atoms. The van der Waals surface area contributed by atoms with E-state index >= 15 is 0 Å². The summed E-state index contributed by atoms with van der Waals surface area (Å²) in [6, 6.07) is 6.17. The highest BCUT2D eigenvalue weighted by atomic mass is 19.4. The average molecular weight is 272 g/mol. The van der Waals surface area contributed by atoms with E-state index in [-0.39, 0.29) is 10.6 Å². The van der Waals surface area contributed by atoms with Gasteiger partial charge >= 0.3 is 12.3 Å². The molecule has 1 heterocycles. The van der Waals surface area contributed by atoms with Gasteiger partial charge in [-0.15, -0.1) is 13.2 Å². The van der Waals surface area contributed by atoms with E-state index in [4.69, 9.17) is 0 Å². The van der Waals surface area contributed by atoms with Crippen molar-refractivity contribution in [2.24, 2.45) is 0 Å². The van der Waals surface area contributed by atoms with E-state index in [9.17, 15) is 18.0 Å². The number of amides is 2. The number of alkyl halides is 3. The van der Waals surface area contributed by atoms with Crippen molar-refractivity contribution < 1.29 is 18.0 Å². The molecule has 0 atom stereocenters. The van der Waals surface area contributed by atoms with Crippen molar-refractivity contribution in [1.82, 2.24) is 4.90 Å². The van der Waals surface area contributed by atoms with E-state index in [0.29, 0.717) is 13.1 Å². The molecule has 6 heteroatoms. The van der Waals surface area contributed by atoms with Gasteiger partial charge in [0.1, 0.15) is 0 Å². The highest BCUT2D eigenvalue weighted by molar-refractivity contribution is 5.92. The van der Waals surface area contributed by atoms with Crippen molar-refractivity contribution in [3.63, 3.8) is 0 Å². The second-order valence-corrected chi connectivity index (χ2v) is 4.47. The molecule has 0 N–H and O–H groups in total. The maximum absolute atomic E-state index is 13.1. The molecule has 1 fully saturated rings. The van der Waals surface area contributed by atoms with Gasteiger partial charge in [-0.2, -0.15) is 0 Å². The summed E-state index contributed by atoms with van der Waals surface area (Å²) >= 11 is 0. The van der Waals surface area contributed by atoms with Gasteiger partial charge in [-0.25, -0.2) is 9.69 Å². The normalized spacial score (nSPS) is 16.3. The summed E-state index contributed by atoms with van der Waals surface area (Å²) in [6.45, 7) is 0.774. The van der Waals surface area contributed by atoms with Crippen LogP contribution in [0.1, 0.15) is 19.3 Å². The zero-order chi connectivity index (χ0) is 13.9. The third-order valence-corrected chi connectivity index (χ3v) is 3.09. The zero-order valence-corrected chi connectivity index (χ0v) is 10.4. The van der Waals surface area contributed by atoms with Crippen LogP contribution >= 0.6 is 0 Å². The molecule has 1 aromatic carbocycles. The summed E-state index contributed by atoms with van der Waals surface area (Å²) in [4.78, 5) is 13.3. The van der Waals surface area contributed by atoms with Gasteiger partial charge in [-0.3, -0.25) is 0 Å². The van der Waals surface area contributed by atoms with Gasteiger partial charge in [0.25, 0.3) is 0 Å². The number of carbonyl (C=O) groups is 1. The average Bonchev–Trinajstić information content (AvgIpc) is 2.39. The third kappa shape index (κ3) is 3.19. The van der Waals surface area contributed by atoms with Crippen LogP contribution < -0.4 is 4.90 Å². The molecule has 0 radical (unpaired) electrons. The molecule has 1 aliphatic rings. The first-order valence-corrected chi connectivity index (χ1v) is 6.21. The van der Waals surface area contributed by atoms with Crippen LogP contribution in [0.2, 0.25) is 0 Å². The Bertz CT molecular complexity index is 427. The minimum absolute atomic E-state index is 0.0850. The number of anilines is 1. The van der Waals surface area contributed by atoms with Crippen molar-refractivity contribution in [3.8, 4) is 0 Å². The molecule has 0 spiro atoms. The standard InChI is InChI=1S/C13H15F3N2O/c14-13(15,16)18(11-7-3-1-4-8-11)12(19)17-9-5-2-6-10-17/h1,3-4,7-8H,2,5-6,9-10H2. The van der Waals surface area contributed by atoms with Crippen LogP contribution in [0.4, 0.5) is 23.7 Å². The van der Waals surface area contributed by atoms with Crippen LogP contribution in [0.15, 0.2) is 30.3 Å². The summed E-state index contributed by atoms with van der Waals surface area (Å²) in [7, 11) is 0. The number of likely N-dealkylation sites (tertiary alicyclic amines) is 1. The molecular weight excluding hydrogens is 257 g/mol. The lowest BCUT2D eigenvalue weighted by Crippen LogP contribution is -2.51. The van der Waals surface area contributed by atoms with Crippen LogP contribution in [-0.2, 0) is 0 Å². The number of carbonyl (C=O) groups excluding carboxylic acids is 1. The summed E-state index contributed by atoms with van der Waals surface area (Å²) < 4.78 is 39.3. The Labute approximate surface area is 109 Å². The van der Waals surface area contributed by atoms with E-state index in [2.05, 4.69) is 0 Å². The van der Waals surface area contributed by atoms with E-state index in [0.717, 1.165) is 19.3 Å². The molecule has 0 aromatic heterocycles. The highest BCUT2D eigenvalue weighted by Crippen LogP contribution is 2.30. The van der Waals surface area contributed by atoms with Crippen LogP contribution in [-0.4, -0.2) is 30.3 Å². The minimum Gasteiger partial charge on any atom is -0.324 e. The molecule has 0 saturated carbocycles. The van der Waals surface area contributed by atoms with Crippen molar-refractivity contribution in [3.05, 3.63) is 30.3 Å². The van der Waals surface area contributed by atoms with Crippen molar-refractivity contribution in [2.45, 2.75) is 25.6 Å². The molecule has 2 amide bonds. The fraction of sp³-hybridized carbons (Fsp3) is 0.462. The van der Waals surface area contributed by atoms with Crippen LogP contribution in [0.25, 0.3) is 0 Å². The summed E-state index contributed by atoms with van der Waals surface area (Å²) in [5.41, 5.74) is -0.148. The fourth-order valence-electron chi connectivity index (χ4n) is 2.17. The number of para-hydroxylation sites is 1. The smallest absolute Gasteiger partial charge is 0.324 e. The molecule has 2 rings (SSSR count). The number of halogens is 3. The Morgan fingerprint density at radius 3 is 2.16 bits per heavy atom. The van der Waals surface area contributed by atoms with Crippen LogP contribution in [0.3, 0.4) is 0 Å². The second kappa shape index (κ2) is 5.50. The predicted octanol–water partition coefficient (Wildman–Crippen LogP) is 3.62. The van der Waals surface area contributed by atoms with Gasteiger partial charge in [-0.05, 0) is 31.4 Å². The van der Waals surface area contributed by atoms with Gasteiger partial charge in [0, 0.05) is 13.1 Å². The van der Waals surface area contributed by atoms with Crippen molar-refractivity contribution in [2.75, 3.05) is 18.0 Å². The quantitative estimate of drug-likeness (QED) is 0.716. The number of urea groups is 1. The molecule has 1 aliphatic heterocycles. The van der Waals surface area contributed by atoms with E-state index in [1.807, 2.05) is 0 Å². The summed E-state index contributed by atoms with van der Waals surface area (Å²) in [5.74, 6) is 0. The summed E-state index contributed by atoms with van der Waals surface area (Å²) in [6.07, 6.45) is -2.24. The monoisotopic (exact) mass is 272 g/mol. The molecular formula is C13H15F3N2O. The Kier molecular flexibility index (Phi) is 3.97. The minimum atomic E-state index is -4.71. The second-order valence-electron chi connectivity index (χ2n) is 4.47. The Hall–Kier alpha value is -1.72. The number of hydrogen-bond donors (Lipinski definition) is 0. The van der Waals surface area contributed by atoms with Crippen LogP contribution in [0, 0.1) is 0 Å². The van der Waals surface area contributed by atoms with Gasteiger partial charge in [0.05, 0.1) is 5.69 Å². The fourth-order valence-corrected chi connectivity index (χ4v) is 2.17. The number of rotatable bonds is 1. The number of hydrogen-bond acceptors (Lipinski definition) is 1. The largest absolute Gasteiger partial charge is 0.493 e. The Morgan fingerprint density at radius 2 is 1.63 bits per heavy atom. The molecule has 104 valence electrons. The van der Waals surface area contributed by atoms with Gasteiger partial charge in [0.2, 0.25) is 0 Å². The first-order chi connectivity index (χ1) is 9.00.